The van der Waals surface area contributed by atoms with Gasteiger partial charge in [0.05, 0.1) is 0 Å². The molecule has 2 aromatic rings. The summed E-state index contributed by atoms with van der Waals surface area (Å²) in [5.41, 5.74) is 2.08. The molecule has 2 aliphatic rings. The summed E-state index contributed by atoms with van der Waals surface area (Å²) in [5, 5.41) is 7.20. The minimum Gasteiger partial charge on any atom is -0.310 e. The Bertz CT molecular complexity index is 701. The molecule has 4 rings (SSSR count). The van der Waals surface area contributed by atoms with E-state index in [1.807, 2.05) is 6.07 Å². The van der Waals surface area contributed by atoms with Crippen molar-refractivity contribution in [3.8, 4) is 0 Å². The first-order chi connectivity index (χ1) is 9.24. The molecule has 1 aliphatic heterocycles. The highest BCUT2D eigenvalue weighted by Crippen LogP contribution is 2.41. The number of aromatic amines is 1. The van der Waals surface area contributed by atoms with Gasteiger partial charge in [0, 0.05) is 18.3 Å². The fraction of sp³-hybridized carbons (Fsp3) is 0.385. The van der Waals surface area contributed by atoms with Crippen molar-refractivity contribution >= 4 is 23.9 Å². The standard InChI is InChI=1S/C13H13FN4S/c14-9-2-1-8-5-6-17(11(8)7-9)12-15-16-13(19)18(12)10-3-4-10/h1-2,7,10H,3-6H2,(H,16,19). The normalized spacial score (nSPS) is 17.8. The van der Waals surface area contributed by atoms with E-state index < -0.39 is 0 Å². The van der Waals surface area contributed by atoms with E-state index in [9.17, 15) is 4.39 Å². The zero-order valence-electron chi connectivity index (χ0n) is 10.3. The Labute approximate surface area is 114 Å². The Morgan fingerprint density at radius 3 is 3.00 bits per heavy atom. The SMILES string of the molecule is Fc1ccc2c(c1)N(c1n[nH]c(=S)n1C1CC1)CC2. The van der Waals surface area contributed by atoms with Crippen molar-refractivity contribution in [3.05, 3.63) is 34.4 Å². The van der Waals surface area contributed by atoms with E-state index in [0.29, 0.717) is 10.8 Å². The highest BCUT2D eigenvalue weighted by atomic mass is 32.1. The molecule has 98 valence electrons. The molecule has 0 amide bonds. The maximum atomic E-state index is 13.4. The predicted octanol–water partition coefficient (Wildman–Crippen LogP) is 3.11. The number of hydrogen-bond donors (Lipinski definition) is 1. The van der Waals surface area contributed by atoms with E-state index in [4.69, 9.17) is 12.2 Å². The van der Waals surface area contributed by atoms with E-state index >= 15 is 0 Å². The second-order valence-corrected chi connectivity index (χ2v) is 5.49. The molecule has 0 saturated heterocycles. The summed E-state index contributed by atoms with van der Waals surface area (Å²) in [6.07, 6.45) is 3.20. The van der Waals surface area contributed by atoms with E-state index in [0.717, 1.165) is 43.0 Å². The molecule has 19 heavy (non-hydrogen) atoms. The molecule has 0 spiro atoms. The maximum Gasteiger partial charge on any atom is 0.230 e. The van der Waals surface area contributed by atoms with Gasteiger partial charge in [0.1, 0.15) is 5.82 Å². The van der Waals surface area contributed by atoms with Crippen LogP contribution in [0, 0.1) is 10.6 Å². The molecule has 1 N–H and O–H groups in total. The lowest BCUT2D eigenvalue weighted by atomic mass is 10.2. The van der Waals surface area contributed by atoms with Crippen molar-refractivity contribution in [1.82, 2.24) is 14.8 Å². The van der Waals surface area contributed by atoms with Gasteiger partial charge in [-0.15, -0.1) is 5.10 Å². The number of fused-ring (bicyclic) bond motifs is 1. The van der Waals surface area contributed by atoms with E-state index in [-0.39, 0.29) is 5.82 Å². The zero-order valence-corrected chi connectivity index (χ0v) is 11.1. The minimum absolute atomic E-state index is 0.210. The number of H-pyrrole nitrogens is 1. The summed E-state index contributed by atoms with van der Waals surface area (Å²) in [4.78, 5) is 2.06. The van der Waals surface area contributed by atoms with Crippen LogP contribution in [0.2, 0.25) is 0 Å². The molecular weight excluding hydrogens is 263 g/mol. The Balaban J connectivity index is 1.83. The van der Waals surface area contributed by atoms with Gasteiger partial charge < -0.3 is 4.90 Å². The quantitative estimate of drug-likeness (QED) is 0.856. The third-order valence-corrected chi connectivity index (χ3v) is 4.07. The summed E-state index contributed by atoms with van der Waals surface area (Å²) in [6, 6.07) is 5.41. The van der Waals surface area contributed by atoms with Gasteiger partial charge in [-0.2, -0.15) is 0 Å². The third kappa shape index (κ3) is 1.70. The number of nitrogens with one attached hydrogen (secondary N) is 1. The number of nitrogens with zero attached hydrogens (tertiary/aromatic N) is 3. The van der Waals surface area contributed by atoms with Crippen molar-refractivity contribution in [1.29, 1.82) is 0 Å². The van der Waals surface area contributed by atoms with E-state index in [1.54, 1.807) is 6.07 Å². The third-order valence-electron chi connectivity index (χ3n) is 3.78. The van der Waals surface area contributed by atoms with Gasteiger partial charge >= 0.3 is 0 Å². The average molecular weight is 276 g/mol. The molecule has 1 aromatic heterocycles. The van der Waals surface area contributed by atoms with Gasteiger partial charge in [-0.05, 0) is 49.2 Å². The van der Waals surface area contributed by atoms with Crippen molar-refractivity contribution < 1.29 is 4.39 Å². The van der Waals surface area contributed by atoms with Crippen molar-refractivity contribution in [2.24, 2.45) is 0 Å². The van der Waals surface area contributed by atoms with Gasteiger partial charge in [0.25, 0.3) is 0 Å². The Kier molecular flexibility index (Phi) is 2.29. The molecule has 6 heteroatoms. The smallest absolute Gasteiger partial charge is 0.230 e. The molecule has 0 atom stereocenters. The largest absolute Gasteiger partial charge is 0.310 e. The van der Waals surface area contributed by atoms with Crippen LogP contribution >= 0.6 is 12.2 Å². The van der Waals surface area contributed by atoms with E-state index in [2.05, 4.69) is 19.7 Å². The summed E-state index contributed by atoms with van der Waals surface area (Å²) >= 11 is 5.29. The highest BCUT2D eigenvalue weighted by molar-refractivity contribution is 7.71. The molecule has 1 fully saturated rings. The van der Waals surface area contributed by atoms with Crippen LogP contribution in [0.4, 0.5) is 16.0 Å². The second kappa shape index (κ2) is 3.90. The Morgan fingerprint density at radius 1 is 1.37 bits per heavy atom. The van der Waals surface area contributed by atoms with Crippen molar-refractivity contribution in [2.45, 2.75) is 25.3 Å². The van der Waals surface area contributed by atoms with Crippen LogP contribution in [0.5, 0.6) is 0 Å². The molecule has 1 saturated carbocycles. The zero-order chi connectivity index (χ0) is 13.0. The summed E-state index contributed by atoms with van der Waals surface area (Å²) < 4.78 is 16.2. The Morgan fingerprint density at radius 2 is 2.21 bits per heavy atom. The first kappa shape index (κ1) is 11.2. The lowest BCUT2D eigenvalue weighted by Crippen LogP contribution is -2.18. The highest BCUT2D eigenvalue weighted by Gasteiger charge is 2.32. The fourth-order valence-electron chi connectivity index (χ4n) is 2.71. The Hall–Kier alpha value is -1.69. The molecule has 0 bridgehead atoms. The number of benzene rings is 1. The van der Waals surface area contributed by atoms with Gasteiger partial charge in [-0.3, -0.25) is 4.57 Å². The number of anilines is 2. The minimum atomic E-state index is -0.210. The first-order valence-corrected chi connectivity index (χ1v) is 6.88. The topological polar surface area (TPSA) is 36.9 Å². The lowest BCUT2D eigenvalue weighted by Gasteiger charge is -2.18. The molecule has 0 unspecified atom stereocenters. The van der Waals surface area contributed by atoms with Crippen LogP contribution in [-0.4, -0.2) is 21.3 Å². The summed E-state index contributed by atoms with van der Waals surface area (Å²) in [5.74, 6) is 0.606. The van der Waals surface area contributed by atoms with E-state index in [1.165, 1.54) is 6.07 Å². The predicted molar refractivity (Wildman–Crippen MR) is 72.8 cm³/mol. The molecular formula is C13H13FN4S. The summed E-state index contributed by atoms with van der Waals surface area (Å²) in [6.45, 7) is 0.825. The van der Waals surface area contributed by atoms with Gasteiger partial charge in [0.2, 0.25) is 5.95 Å². The fourth-order valence-corrected chi connectivity index (χ4v) is 2.99. The molecule has 4 nitrogen and oxygen atoms in total. The lowest BCUT2D eigenvalue weighted by molar-refractivity contribution is 0.627. The molecule has 1 aromatic carbocycles. The van der Waals surface area contributed by atoms with Gasteiger partial charge in [0.15, 0.2) is 4.77 Å². The van der Waals surface area contributed by atoms with Crippen LogP contribution in [0.15, 0.2) is 18.2 Å². The van der Waals surface area contributed by atoms with Crippen LogP contribution in [0.3, 0.4) is 0 Å². The number of halogens is 1. The average Bonchev–Trinajstić information content (AvgIpc) is 3.04. The van der Waals surface area contributed by atoms with Crippen molar-refractivity contribution in [3.63, 3.8) is 0 Å². The molecule has 0 radical (unpaired) electrons. The maximum absolute atomic E-state index is 13.4. The van der Waals surface area contributed by atoms with Crippen LogP contribution in [-0.2, 0) is 6.42 Å². The van der Waals surface area contributed by atoms with Gasteiger partial charge in [-0.25, -0.2) is 9.49 Å². The first-order valence-electron chi connectivity index (χ1n) is 6.47. The number of aromatic nitrogens is 3. The van der Waals surface area contributed by atoms with Crippen molar-refractivity contribution in [2.75, 3.05) is 11.4 Å². The number of rotatable bonds is 2. The molecule has 1 aliphatic carbocycles. The molecule has 2 heterocycles. The second-order valence-electron chi connectivity index (χ2n) is 5.10. The number of hydrogen-bond acceptors (Lipinski definition) is 3. The van der Waals surface area contributed by atoms with Crippen LogP contribution < -0.4 is 4.90 Å². The summed E-state index contributed by atoms with van der Waals surface area (Å²) in [7, 11) is 0. The van der Waals surface area contributed by atoms with Gasteiger partial charge in [-0.1, -0.05) is 6.07 Å². The monoisotopic (exact) mass is 276 g/mol. The van der Waals surface area contributed by atoms with Crippen LogP contribution in [0.25, 0.3) is 0 Å². The van der Waals surface area contributed by atoms with Crippen LogP contribution in [0.1, 0.15) is 24.4 Å².